The van der Waals surface area contributed by atoms with Crippen LogP contribution in [0.2, 0.25) is 0 Å². The van der Waals surface area contributed by atoms with Crippen LogP contribution in [-0.4, -0.2) is 28.9 Å². The first-order valence-electron chi connectivity index (χ1n) is 10.6. The lowest BCUT2D eigenvalue weighted by Crippen LogP contribution is -2.31. The van der Waals surface area contributed by atoms with Crippen molar-refractivity contribution in [1.29, 1.82) is 0 Å². The molecule has 1 aromatic heterocycles. The highest BCUT2D eigenvalue weighted by Gasteiger charge is 2.18. The highest BCUT2D eigenvalue weighted by atomic mass is 16.2. The molecule has 150 valence electrons. The molecule has 0 atom stereocenters. The lowest BCUT2D eigenvalue weighted by Gasteiger charge is -2.27. The summed E-state index contributed by atoms with van der Waals surface area (Å²) in [5.41, 5.74) is 4.55. The van der Waals surface area contributed by atoms with Gasteiger partial charge in [0, 0.05) is 43.8 Å². The van der Waals surface area contributed by atoms with Gasteiger partial charge in [-0.3, -0.25) is 14.7 Å². The van der Waals surface area contributed by atoms with Gasteiger partial charge in [0.1, 0.15) is 0 Å². The minimum Gasteiger partial charge on any atom is -0.312 e. The van der Waals surface area contributed by atoms with E-state index >= 15 is 0 Å². The summed E-state index contributed by atoms with van der Waals surface area (Å²) in [6, 6.07) is 18.9. The van der Waals surface area contributed by atoms with E-state index in [9.17, 15) is 4.79 Å². The molecular weight excluding hydrogens is 358 g/mol. The number of hydrogen-bond acceptors (Lipinski definition) is 3. The van der Waals surface area contributed by atoms with Gasteiger partial charge < -0.3 is 4.90 Å². The Hall–Kier alpha value is -2.72. The number of nitrogens with zero attached hydrogens (tertiary/aromatic N) is 3. The second-order valence-corrected chi connectivity index (χ2v) is 7.96. The molecule has 0 radical (unpaired) electrons. The first-order valence-corrected chi connectivity index (χ1v) is 10.6. The summed E-state index contributed by atoms with van der Waals surface area (Å²) in [4.78, 5) is 21.4. The molecule has 0 bridgehead atoms. The van der Waals surface area contributed by atoms with E-state index in [1.807, 2.05) is 23.2 Å². The number of para-hydroxylation sites is 2. The van der Waals surface area contributed by atoms with Gasteiger partial charge in [0.2, 0.25) is 5.91 Å². The Balaban J connectivity index is 1.61. The molecular formula is C25H29N3O. The number of fused-ring (bicyclic) bond motifs is 2. The minimum absolute atomic E-state index is 0.127. The maximum Gasteiger partial charge on any atom is 0.223 e. The number of carbonyl (C=O) groups is 1. The molecule has 0 fully saturated rings. The smallest absolute Gasteiger partial charge is 0.223 e. The van der Waals surface area contributed by atoms with Gasteiger partial charge in [0.25, 0.3) is 0 Å². The number of benzene rings is 2. The molecule has 0 unspecified atom stereocenters. The lowest BCUT2D eigenvalue weighted by atomic mass is 10.1. The molecule has 4 nitrogen and oxygen atoms in total. The predicted octanol–water partition coefficient (Wildman–Crippen LogP) is 5.16. The Bertz CT molecular complexity index is 984. The molecule has 1 aliphatic rings. The Kier molecular flexibility index (Phi) is 6.20. The van der Waals surface area contributed by atoms with Crippen LogP contribution in [0, 0.1) is 0 Å². The Labute approximate surface area is 173 Å². The number of pyridine rings is 1. The van der Waals surface area contributed by atoms with E-state index in [4.69, 9.17) is 0 Å². The zero-order chi connectivity index (χ0) is 20.1. The van der Waals surface area contributed by atoms with E-state index in [1.165, 1.54) is 29.4 Å². The Morgan fingerprint density at radius 1 is 0.966 bits per heavy atom. The number of anilines is 1. The topological polar surface area (TPSA) is 36.4 Å². The summed E-state index contributed by atoms with van der Waals surface area (Å²) in [5, 5.41) is 1.19. The first-order chi connectivity index (χ1) is 14.2. The fraction of sp³-hybridized carbons (Fsp3) is 0.360. The predicted molar refractivity (Wildman–Crippen MR) is 119 cm³/mol. The van der Waals surface area contributed by atoms with E-state index in [0.717, 1.165) is 50.2 Å². The quantitative estimate of drug-likeness (QED) is 0.609. The molecule has 3 aromatic rings. The summed E-state index contributed by atoms with van der Waals surface area (Å²) in [7, 11) is 0. The summed E-state index contributed by atoms with van der Waals surface area (Å²) < 4.78 is 0. The first kappa shape index (κ1) is 19.6. The van der Waals surface area contributed by atoms with Gasteiger partial charge in [-0.15, -0.1) is 0 Å². The Morgan fingerprint density at radius 2 is 1.72 bits per heavy atom. The van der Waals surface area contributed by atoms with E-state index < -0.39 is 0 Å². The molecule has 1 amide bonds. The number of amides is 1. The van der Waals surface area contributed by atoms with Gasteiger partial charge in [-0.2, -0.15) is 0 Å². The van der Waals surface area contributed by atoms with Crippen molar-refractivity contribution in [3.8, 4) is 0 Å². The standard InChI is InChI=1S/C25H29N3O/c1-20(29)28-15-9-3-2-8-14-27(19-23-11-5-7-13-25(23)28)18-21-16-22-10-4-6-12-24(22)26-17-21/h4-7,10-13,16-17H,2-3,8-9,14-15,18-19H2,1H3. The van der Waals surface area contributed by atoms with E-state index in [1.54, 1.807) is 6.92 Å². The van der Waals surface area contributed by atoms with Gasteiger partial charge in [-0.25, -0.2) is 0 Å². The molecule has 0 spiro atoms. The maximum atomic E-state index is 12.3. The van der Waals surface area contributed by atoms with Gasteiger partial charge in [-0.05, 0) is 48.7 Å². The molecule has 2 heterocycles. The maximum absolute atomic E-state index is 12.3. The van der Waals surface area contributed by atoms with Gasteiger partial charge in [0.05, 0.1) is 5.52 Å². The molecule has 4 rings (SSSR count). The van der Waals surface area contributed by atoms with Crippen LogP contribution in [0.5, 0.6) is 0 Å². The molecule has 1 aliphatic heterocycles. The summed E-state index contributed by atoms with van der Waals surface area (Å²) in [5.74, 6) is 0.127. The largest absolute Gasteiger partial charge is 0.312 e. The van der Waals surface area contributed by atoms with Crippen LogP contribution < -0.4 is 4.90 Å². The van der Waals surface area contributed by atoms with Crippen LogP contribution >= 0.6 is 0 Å². The SMILES string of the molecule is CC(=O)N1CCCCCCN(Cc2cnc3ccccc3c2)Cc2ccccc21. The molecule has 2 aromatic carbocycles. The van der Waals surface area contributed by atoms with Crippen molar-refractivity contribution in [3.05, 3.63) is 71.9 Å². The lowest BCUT2D eigenvalue weighted by molar-refractivity contribution is -0.116. The van der Waals surface area contributed by atoms with Crippen molar-refractivity contribution in [2.75, 3.05) is 18.0 Å². The third-order valence-electron chi connectivity index (χ3n) is 5.72. The molecule has 0 N–H and O–H groups in total. The van der Waals surface area contributed by atoms with Crippen LogP contribution in [0.15, 0.2) is 60.8 Å². The third kappa shape index (κ3) is 4.83. The minimum atomic E-state index is 0.127. The summed E-state index contributed by atoms with van der Waals surface area (Å²) in [6.07, 6.45) is 6.61. The second kappa shape index (κ2) is 9.19. The van der Waals surface area contributed by atoms with Crippen LogP contribution in [0.3, 0.4) is 0 Å². The van der Waals surface area contributed by atoms with Crippen molar-refractivity contribution in [1.82, 2.24) is 9.88 Å². The zero-order valence-electron chi connectivity index (χ0n) is 17.2. The fourth-order valence-corrected chi connectivity index (χ4v) is 4.23. The van der Waals surface area contributed by atoms with E-state index in [2.05, 4.69) is 52.3 Å². The second-order valence-electron chi connectivity index (χ2n) is 7.96. The molecule has 29 heavy (non-hydrogen) atoms. The molecule has 0 saturated carbocycles. The van der Waals surface area contributed by atoms with Crippen molar-refractivity contribution in [2.45, 2.75) is 45.7 Å². The summed E-state index contributed by atoms with van der Waals surface area (Å²) in [6.45, 7) is 5.25. The van der Waals surface area contributed by atoms with Crippen LogP contribution in [0.4, 0.5) is 5.69 Å². The molecule has 0 aliphatic carbocycles. The van der Waals surface area contributed by atoms with Crippen molar-refractivity contribution in [3.63, 3.8) is 0 Å². The number of carbonyl (C=O) groups excluding carboxylic acids is 1. The van der Waals surface area contributed by atoms with Crippen LogP contribution in [0.1, 0.15) is 43.7 Å². The average Bonchev–Trinajstić information content (AvgIpc) is 2.77. The van der Waals surface area contributed by atoms with Crippen LogP contribution in [-0.2, 0) is 17.9 Å². The zero-order valence-corrected chi connectivity index (χ0v) is 17.2. The number of aromatic nitrogens is 1. The number of hydrogen-bond donors (Lipinski definition) is 0. The van der Waals surface area contributed by atoms with E-state index in [-0.39, 0.29) is 5.91 Å². The van der Waals surface area contributed by atoms with Crippen LogP contribution in [0.25, 0.3) is 10.9 Å². The average molecular weight is 388 g/mol. The van der Waals surface area contributed by atoms with Crippen molar-refractivity contribution in [2.24, 2.45) is 0 Å². The van der Waals surface area contributed by atoms with Crippen molar-refractivity contribution < 1.29 is 4.79 Å². The molecule has 0 saturated heterocycles. The normalized spacial score (nSPS) is 16.2. The fourth-order valence-electron chi connectivity index (χ4n) is 4.23. The number of rotatable bonds is 2. The van der Waals surface area contributed by atoms with Gasteiger partial charge >= 0.3 is 0 Å². The van der Waals surface area contributed by atoms with E-state index in [0.29, 0.717) is 0 Å². The highest BCUT2D eigenvalue weighted by Crippen LogP contribution is 2.25. The monoisotopic (exact) mass is 387 g/mol. The third-order valence-corrected chi connectivity index (χ3v) is 5.72. The Morgan fingerprint density at radius 3 is 2.59 bits per heavy atom. The summed E-state index contributed by atoms with van der Waals surface area (Å²) >= 11 is 0. The molecule has 4 heteroatoms. The highest BCUT2D eigenvalue weighted by molar-refractivity contribution is 5.92. The van der Waals surface area contributed by atoms with Crippen molar-refractivity contribution >= 4 is 22.5 Å². The van der Waals surface area contributed by atoms with Gasteiger partial charge in [0.15, 0.2) is 0 Å². The van der Waals surface area contributed by atoms with Gasteiger partial charge in [-0.1, -0.05) is 49.2 Å².